The molecule has 4 saturated carbocycles. The zero-order valence-corrected chi connectivity index (χ0v) is 21.5. The van der Waals surface area contributed by atoms with Crippen LogP contribution in [0.4, 0.5) is 0 Å². The molecule has 2 amide bonds. The topological polar surface area (TPSA) is 149 Å². The minimum Gasteiger partial charge on any atom is -0.431 e. The summed E-state index contributed by atoms with van der Waals surface area (Å²) in [5, 5.41) is 15.4. The average molecular weight is 500 g/mol. The maximum Gasteiger partial charge on any atom is 0.335 e. The Balaban J connectivity index is 1.31. The van der Waals surface area contributed by atoms with Crippen LogP contribution < -0.4 is 22.4 Å². The maximum absolute atomic E-state index is 12.5. The highest BCUT2D eigenvalue weighted by Gasteiger charge is 2.67. The molecule has 5 rings (SSSR count). The lowest BCUT2D eigenvalue weighted by Gasteiger charge is -2.63. The van der Waals surface area contributed by atoms with Crippen LogP contribution in [0.3, 0.4) is 0 Å². The summed E-state index contributed by atoms with van der Waals surface area (Å²) in [5.74, 6) is 0.518. The minimum atomic E-state index is -0.898. The van der Waals surface area contributed by atoms with Gasteiger partial charge in [0, 0.05) is 17.5 Å². The molecule has 0 bridgehead atoms. The van der Waals surface area contributed by atoms with Gasteiger partial charge >= 0.3 is 5.63 Å². The molecule has 1 heterocycles. The molecule has 0 saturated heterocycles. The minimum absolute atomic E-state index is 0.0617. The molecule has 4 aliphatic rings. The van der Waals surface area contributed by atoms with Crippen molar-refractivity contribution in [3.8, 4) is 0 Å². The lowest BCUT2D eigenvalue weighted by Crippen LogP contribution is -2.62. The lowest BCUT2D eigenvalue weighted by atomic mass is 9.43. The third kappa shape index (κ3) is 3.92. The molecule has 8 nitrogen and oxygen atoms in total. The fourth-order valence-electron chi connectivity index (χ4n) is 9.08. The molecule has 0 unspecified atom stereocenters. The van der Waals surface area contributed by atoms with Crippen molar-refractivity contribution in [1.29, 1.82) is 0 Å². The molecule has 36 heavy (non-hydrogen) atoms. The number of carbonyl (C=O) groups is 2. The molecule has 1 aromatic heterocycles. The predicted molar refractivity (Wildman–Crippen MR) is 135 cm³/mol. The zero-order chi connectivity index (χ0) is 25.9. The highest BCUT2D eigenvalue weighted by Crippen LogP contribution is 2.70. The number of rotatable bonds is 5. The van der Waals surface area contributed by atoms with Crippen molar-refractivity contribution in [3.05, 3.63) is 34.4 Å². The highest BCUT2D eigenvalue weighted by molar-refractivity contribution is 5.87. The monoisotopic (exact) mass is 499 g/mol. The molecule has 0 aromatic carbocycles. The van der Waals surface area contributed by atoms with E-state index in [4.69, 9.17) is 15.9 Å². The van der Waals surface area contributed by atoms with E-state index in [2.05, 4.69) is 19.2 Å². The first-order valence-electron chi connectivity index (χ1n) is 13.6. The number of hydrogen-bond acceptors (Lipinski definition) is 6. The van der Waals surface area contributed by atoms with E-state index in [0.717, 1.165) is 63.4 Å². The summed E-state index contributed by atoms with van der Waals surface area (Å²) in [6, 6.07) is 2.53. The van der Waals surface area contributed by atoms with Crippen LogP contribution in [0.2, 0.25) is 0 Å². The fourth-order valence-corrected chi connectivity index (χ4v) is 9.08. The van der Waals surface area contributed by atoms with Gasteiger partial charge in [-0.1, -0.05) is 13.8 Å². The number of amides is 2. The van der Waals surface area contributed by atoms with Gasteiger partial charge in [-0.25, -0.2) is 4.79 Å². The second-order valence-corrected chi connectivity index (χ2v) is 12.6. The Labute approximate surface area is 212 Å². The Morgan fingerprint density at radius 3 is 2.58 bits per heavy atom. The number of aliphatic hydroxyl groups is 1. The van der Waals surface area contributed by atoms with Gasteiger partial charge in [0.2, 0.25) is 11.8 Å². The summed E-state index contributed by atoms with van der Waals surface area (Å²) in [6.07, 6.45) is 10.0. The van der Waals surface area contributed by atoms with Crippen LogP contribution in [0, 0.1) is 28.6 Å². The van der Waals surface area contributed by atoms with Gasteiger partial charge in [0.05, 0.1) is 24.3 Å². The van der Waals surface area contributed by atoms with E-state index in [1.165, 1.54) is 6.07 Å². The summed E-state index contributed by atoms with van der Waals surface area (Å²) in [5.41, 5.74) is 10.9. The van der Waals surface area contributed by atoms with Crippen molar-refractivity contribution in [2.45, 2.75) is 102 Å². The van der Waals surface area contributed by atoms with E-state index >= 15 is 0 Å². The maximum atomic E-state index is 12.5. The Kier molecular flexibility index (Phi) is 6.35. The van der Waals surface area contributed by atoms with Crippen LogP contribution in [0.25, 0.3) is 0 Å². The van der Waals surface area contributed by atoms with Gasteiger partial charge in [0.1, 0.15) is 0 Å². The first kappa shape index (κ1) is 25.5. The summed E-state index contributed by atoms with van der Waals surface area (Å²) in [6.45, 7) is 4.66. The van der Waals surface area contributed by atoms with E-state index < -0.39 is 17.6 Å². The third-order valence-corrected chi connectivity index (χ3v) is 11.1. The van der Waals surface area contributed by atoms with Crippen LogP contribution in [0.15, 0.2) is 27.6 Å². The number of primary amides is 1. The Morgan fingerprint density at radius 2 is 1.89 bits per heavy atom. The van der Waals surface area contributed by atoms with Gasteiger partial charge in [0.15, 0.2) is 0 Å². The molecule has 0 spiro atoms. The summed E-state index contributed by atoms with van der Waals surface area (Å²) < 4.78 is 5.19. The van der Waals surface area contributed by atoms with Gasteiger partial charge in [-0.3, -0.25) is 9.59 Å². The van der Waals surface area contributed by atoms with Crippen LogP contribution >= 0.6 is 0 Å². The normalized spacial score (nSPS) is 42.5. The quantitative estimate of drug-likeness (QED) is 0.489. The Morgan fingerprint density at radius 1 is 1.11 bits per heavy atom. The lowest BCUT2D eigenvalue weighted by molar-refractivity contribution is -0.202. The Hall–Kier alpha value is -2.19. The highest BCUT2D eigenvalue weighted by atomic mass is 16.4. The SMILES string of the molecule is C[C@]12CC[C@H](NC(=O)[C@@H](N)CC(N)=O)C[C@H]1CC[C@@H]1[C@@H]2CC[C@]2(C)[C@@H](c3ccc(=O)oc3)CC[C@]12O. The number of hydrogen-bond donors (Lipinski definition) is 4. The molecule has 0 radical (unpaired) electrons. The molecule has 0 aliphatic heterocycles. The number of nitrogens with two attached hydrogens (primary N) is 2. The number of fused-ring (bicyclic) bond motifs is 5. The van der Waals surface area contributed by atoms with Gasteiger partial charge in [-0.15, -0.1) is 0 Å². The number of nitrogens with one attached hydrogen (secondary N) is 1. The van der Waals surface area contributed by atoms with Crippen LogP contribution in [0.5, 0.6) is 0 Å². The second-order valence-electron chi connectivity index (χ2n) is 12.6. The molecular weight excluding hydrogens is 458 g/mol. The largest absolute Gasteiger partial charge is 0.431 e. The van der Waals surface area contributed by atoms with Crippen molar-refractivity contribution in [2.75, 3.05) is 0 Å². The van der Waals surface area contributed by atoms with Gasteiger partial charge in [0.25, 0.3) is 0 Å². The molecule has 6 N–H and O–H groups in total. The average Bonchev–Trinajstić information content (AvgIpc) is 3.10. The van der Waals surface area contributed by atoms with Crippen molar-refractivity contribution in [1.82, 2.24) is 5.32 Å². The molecule has 8 heteroatoms. The third-order valence-electron chi connectivity index (χ3n) is 11.1. The van der Waals surface area contributed by atoms with Gasteiger partial charge in [-0.2, -0.15) is 0 Å². The molecule has 4 aliphatic carbocycles. The van der Waals surface area contributed by atoms with Gasteiger partial charge in [-0.05, 0) is 98.5 Å². The molecule has 4 fully saturated rings. The van der Waals surface area contributed by atoms with Crippen LogP contribution in [-0.2, 0) is 9.59 Å². The van der Waals surface area contributed by atoms with E-state index in [1.807, 2.05) is 6.07 Å². The van der Waals surface area contributed by atoms with Crippen LogP contribution in [0.1, 0.15) is 89.5 Å². The van der Waals surface area contributed by atoms with Crippen molar-refractivity contribution >= 4 is 11.8 Å². The van der Waals surface area contributed by atoms with Gasteiger partial charge < -0.3 is 26.3 Å². The zero-order valence-electron chi connectivity index (χ0n) is 21.5. The molecular formula is C28H41N3O5. The smallest absolute Gasteiger partial charge is 0.335 e. The van der Waals surface area contributed by atoms with Crippen molar-refractivity contribution in [3.63, 3.8) is 0 Å². The molecule has 1 aromatic rings. The number of carbonyl (C=O) groups excluding carboxylic acids is 2. The van der Waals surface area contributed by atoms with E-state index in [0.29, 0.717) is 11.8 Å². The van der Waals surface area contributed by atoms with E-state index in [1.54, 1.807) is 6.26 Å². The summed E-state index contributed by atoms with van der Waals surface area (Å²) >= 11 is 0. The molecule has 9 atom stereocenters. The van der Waals surface area contributed by atoms with Crippen molar-refractivity contribution in [2.24, 2.45) is 40.1 Å². The standard InChI is InChI=1S/C28H41N3O5/c1-26-10-7-18(31-25(34)22(29)14-23(30)32)13-17(26)4-5-21-20(26)8-11-27(2)19(9-12-28(21,27)35)16-3-6-24(33)36-15-16/h3,6,15,17-22,35H,4-5,7-14,29H2,1-2H3,(H2,30,32)(H,31,34)/t17-,18+,19-,20+,21-,22+,26+,27-,28+/m1/s1. The van der Waals surface area contributed by atoms with E-state index in [-0.39, 0.29) is 46.7 Å². The summed E-state index contributed by atoms with van der Waals surface area (Å²) in [7, 11) is 0. The summed E-state index contributed by atoms with van der Waals surface area (Å²) in [4.78, 5) is 35.1. The Bertz CT molecular complexity index is 1070. The van der Waals surface area contributed by atoms with Crippen LogP contribution in [-0.4, -0.2) is 34.6 Å². The first-order chi connectivity index (χ1) is 17.0. The van der Waals surface area contributed by atoms with Crippen molar-refractivity contribution < 1.29 is 19.1 Å². The fraction of sp³-hybridized carbons (Fsp3) is 0.750. The molecule has 198 valence electrons. The predicted octanol–water partition coefficient (Wildman–Crippen LogP) is 2.57. The first-order valence-corrected chi connectivity index (χ1v) is 13.6. The second kappa shape index (κ2) is 8.98. The van der Waals surface area contributed by atoms with E-state index in [9.17, 15) is 19.5 Å².